The molecule has 0 aromatic heterocycles. The Bertz CT molecular complexity index is 598. The Labute approximate surface area is 143 Å². The summed E-state index contributed by atoms with van der Waals surface area (Å²) in [5.41, 5.74) is 1.55. The number of carbonyl (C=O) groups is 2. The second kappa shape index (κ2) is 8.43. The van der Waals surface area contributed by atoms with Crippen molar-refractivity contribution < 1.29 is 23.1 Å². The van der Waals surface area contributed by atoms with E-state index in [0.717, 1.165) is 5.56 Å². The van der Waals surface area contributed by atoms with Gasteiger partial charge >= 0.3 is 5.97 Å². The standard InChI is InChI=1S/C16H20F2N2O3S/c1-23-14(21)5-6-24-9-11-3-2-4-12(7-11)20-15(22)13-8-16(17,18)10-19-13/h2-4,7,13,19H,5-6,8-10H2,1H3,(H,20,22). The number of alkyl halides is 2. The van der Waals surface area contributed by atoms with Crippen LogP contribution < -0.4 is 10.6 Å². The molecule has 5 nitrogen and oxygen atoms in total. The van der Waals surface area contributed by atoms with Crippen LogP contribution in [0.2, 0.25) is 0 Å². The molecule has 8 heteroatoms. The van der Waals surface area contributed by atoms with Gasteiger partial charge in [-0.05, 0) is 17.7 Å². The van der Waals surface area contributed by atoms with Gasteiger partial charge in [-0.3, -0.25) is 14.9 Å². The van der Waals surface area contributed by atoms with Gasteiger partial charge in [0, 0.05) is 23.6 Å². The number of hydrogen-bond donors (Lipinski definition) is 2. The van der Waals surface area contributed by atoms with Gasteiger partial charge in [-0.1, -0.05) is 12.1 Å². The minimum atomic E-state index is -2.83. The first-order valence-corrected chi connectivity index (χ1v) is 8.71. The van der Waals surface area contributed by atoms with Gasteiger partial charge in [-0.15, -0.1) is 0 Å². The van der Waals surface area contributed by atoms with Crippen molar-refractivity contribution >= 4 is 29.3 Å². The minimum absolute atomic E-state index is 0.246. The minimum Gasteiger partial charge on any atom is -0.469 e. The molecule has 1 aliphatic rings. The van der Waals surface area contributed by atoms with Crippen LogP contribution in [0, 0.1) is 0 Å². The number of nitrogens with one attached hydrogen (secondary N) is 2. The van der Waals surface area contributed by atoms with Crippen LogP contribution in [0.25, 0.3) is 0 Å². The average molecular weight is 358 g/mol. The number of methoxy groups -OCH3 is 1. The van der Waals surface area contributed by atoms with Gasteiger partial charge in [0.1, 0.15) is 0 Å². The third-order valence-corrected chi connectivity index (χ3v) is 4.60. The zero-order valence-electron chi connectivity index (χ0n) is 13.3. The van der Waals surface area contributed by atoms with E-state index in [-0.39, 0.29) is 5.97 Å². The van der Waals surface area contributed by atoms with E-state index in [9.17, 15) is 18.4 Å². The Hall–Kier alpha value is -1.67. The molecule has 0 bridgehead atoms. The summed E-state index contributed by atoms with van der Waals surface area (Å²) in [6, 6.07) is 6.34. The molecular formula is C16H20F2N2O3S. The van der Waals surface area contributed by atoms with Crippen molar-refractivity contribution in [1.82, 2.24) is 5.32 Å². The largest absolute Gasteiger partial charge is 0.469 e. The molecule has 132 valence electrons. The topological polar surface area (TPSA) is 67.4 Å². The molecule has 1 heterocycles. The SMILES string of the molecule is COC(=O)CCSCc1cccc(NC(=O)C2CC(F)(F)CN2)c1. The maximum Gasteiger partial charge on any atom is 0.306 e. The molecule has 1 aromatic carbocycles. The number of amides is 1. The number of ether oxygens (including phenoxy) is 1. The van der Waals surface area contributed by atoms with E-state index in [0.29, 0.717) is 23.6 Å². The molecule has 1 amide bonds. The summed E-state index contributed by atoms with van der Waals surface area (Å²) in [5, 5.41) is 5.19. The van der Waals surface area contributed by atoms with Crippen LogP contribution in [0.1, 0.15) is 18.4 Å². The second-order valence-corrected chi connectivity index (χ2v) is 6.67. The number of rotatable bonds is 7. The molecule has 0 radical (unpaired) electrons. The highest BCUT2D eigenvalue weighted by Crippen LogP contribution is 2.26. The molecule has 2 rings (SSSR count). The van der Waals surface area contributed by atoms with Crippen molar-refractivity contribution in [3.63, 3.8) is 0 Å². The molecule has 1 fully saturated rings. The van der Waals surface area contributed by atoms with Crippen LogP contribution in [0.5, 0.6) is 0 Å². The molecular weight excluding hydrogens is 338 g/mol. The smallest absolute Gasteiger partial charge is 0.306 e. The lowest BCUT2D eigenvalue weighted by Crippen LogP contribution is -2.35. The second-order valence-electron chi connectivity index (χ2n) is 5.56. The Morgan fingerprint density at radius 2 is 2.25 bits per heavy atom. The van der Waals surface area contributed by atoms with Crippen LogP contribution in [0.4, 0.5) is 14.5 Å². The molecule has 1 saturated heterocycles. The fraction of sp³-hybridized carbons (Fsp3) is 0.500. The first-order chi connectivity index (χ1) is 11.4. The Morgan fingerprint density at radius 1 is 1.46 bits per heavy atom. The molecule has 1 aliphatic heterocycles. The molecule has 1 aromatic rings. The van der Waals surface area contributed by atoms with E-state index in [1.54, 1.807) is 30.0 Å². The van der Waals surface area contributed by atoms with Gasteiger partial charge in [-0.25, -0.2) is 8.78 Å². The maximum atomic E-state index is 13.1. The summed E-state index contributed by atoms with van der Waals surface area (Å²) < 4.78 is 30.8. The third kappa shape index (κ3) is 5.76. The van der Waals surface area contributed by atoms with Crippen LogP contribution in [-0.2, 0) is 20.1 Å². The fourth-order valence-corrected chi connectivity index (χ4v) is 3.19. The Kier molecular flexibility index (Phi) is 6.56. The number of thioether (sulfide) groups is 1. The van der Waals surface area contributed by atoms with E-state index in [2.05, 4.69) is 15.4 Å². The summed E-state index contributed by atoms with van der Waals surface area (Å²) in [7, 11) is 1.36. The van der Waals surface area contributed by atoms with E-state index in [4.69, 9.17) is 0 Å². The first-order valence-electron chi connectivity index (χ1n) is 7.55. The summed E-state index contributed by atoms with van der Waals surface area (Å²) in [6.45, 7) is -0.470. The highest BCUT2D eigenvalue weighted by molar-refractivity contribution is 7.98. The van der Waals surface area contributed by atoms with Crippen LogP contribution in [0.3, 0.4) is 0 Å². The zero-order chi connectivity index (χ0) is 17.6. The van der Waals surface area contributed by atoms with Crippen molar-refractivity contribution in [1.29, 1.82) is 0 Å². The van der Waals surface area contributed by atoms with Gasteiger partial charge in [0.15, 0.2) is 0 Å². The average Bonchev–Trinajstić information content (AvgIpc) is 2.92. The molecule has 0 aliphatic carbocycles. The van der Waals surface area contributed by atoms with Crippen molar-refractivity contribution in [3.05, 3.63) is 29.8 Å². The van der Waals surface area contributed by atoms with Crippen LogP contribution in [0.15, 0.2) is 24.3 Å². The van der Waals surface area contributed by atoms with Gasteiger partial charge in [0.05, 0.1) is 26.1 Å². The van der Waals surface area contributed by atoms with Gasteiger partial charge in [-0.2, -0.15) is 11.8 Å². The quantitative estimate of drug-likeness (QED) is 0.579. The Balaban J connectivity index is 1.82. The first kappa shape index (κ1) is 18.7. The number of esters is 1. The predicted molar refractivity (Wildman–Crippen MR) is 89.2 cm³/mol. The summed E-state index contributed by atoms with van der Waals surface area (Å²) in [6.07, 6.45) is -0.138. The molecule has 1 unspecified atom stereocenters. The van der Waals surface area contributed by atoms with Gasteiger partial charge in [0.2, 0.25) is 5.91 Å². The van der Waals surface area contributed by atoms with Crippen molar-refractivity contribution in [2.45, 2.75) is 30.6 Å². The van der Waals surface area contributed by atoms with E-state index < -0.39 is 30.8 Å². The number of carbonyl (C=O) groups excluding carboxylic acids is 2. The van der Waals surface area contributed by atoms with Crippen LogP contribution >= 0.6 is 11.8 Å². The number of benzene rings is 1. The lowest BCUT2D eigenvalue weighted by Gasteiger charge is -2.12. The lowest BCUT2D eigenvalue weighted by molar-refractivity contribution is -0.140. The number of hydrogen-bond acceptors (Lipinski definition) is 5. The summed E-state index contributed by atoms with van der Waals surface area (Å²) in [5.74, 6) is -2.21. The Morgan fingerprint density at radius 3 is 2.92 bits per heavy atom. The monoisotopic (exact) mass is 358 g/mol. The highest BCUT2D eigenvalue weighted by atomic mass is 32.2. The van der Waals surface area contributed by atoms with Crippen molar-refractivity contribution in [2.75, 3.05) is 24.7 Å². The molecule has 2 N–H and O–H groups in total. The molecule has 1 atom stereocenters. The fourth-order valence-electron chi connectivity index (χ4n) is 2.32. The molecule has 24 heavy (non-hydrogen) atoms. The zero-order valence-corrected chi connectivity index (χ0v) is 14.1. The van der Waals surface area contributed by atoms with E-state index in [1.165, 1.54) is 7.11 Å². The molecule has 0 saturated carbocycles. The van der Waals surface area contributed by atoms with E-state index >= 15 is 0 Å². The lowest BCUT2D eigenvalue weighted by atomic mass is 10.1. The maximum absolute atomic E-state index is 13.1. The summed E-state index contributed by atoms with van der Waals surface area (Å²) in [4.78, 5) is 23.0. The predicted octanol–water partition coefficient (Wildman–Crippen LogP) is 2.42. The van der Waals surface area contributed by atoms with Crippen LogP contribution in [-0.4, -0.2) is 43.2 Å². The van der Waals surface area contributed by atoms with E-state index in [1.807, 2.05) is 6.07 Å². The van der Waals surface area contributed by atoms with Crippen molar-refractivity contribution in [2.24, 2.45) is 0 Å². The van der Waals surface area contributed by atoms with Gasteiger partial charge < -0.3 is 10.1 Å². The third-order valence-electron chi connectivity index (χ3n) is 3.57. The molecule has 0 spiro atoms. The van der Waals surface area contributed by atoms with Crippen molar-refractivity contribution in [3.8, 4) is 0 Å². The number of anilines is 1. The van der Waals surface area contributed by atoms with Gasteiger partial charge in [0.25, 0.3) is 5.92 Å². The highest BCUT2D eigenvalue weighted by Gasteiger charge is 2.42. The number of halogens is 2. The normalized spacial score (nSPS) is 19.0. The summed E-state index contributed by atoms with van der Waals surface area (Å²) >= 11 is 1.58.